The zero-order valence-corrected chi connectivity index (χ0v) is 24.6. The maximum atomic E-state index is 13.9. The molecule has 2 aliphatic rings. The van der Waals surface area contributed by atoms with Crippen molar-refractivity contribution in [3.63, 3.8) is 0 Å². The number of nitrogens with one attached hydrogen (secondary N) is 2. The SMILES string of the molecule is CC1COC(CN(C)C(=O)C(NC(=O)C2CCN(C(=O)OC(C)(C)C)CC2)C(C)c2c[nH]c3ccccc23)OC1. The maximum absolute atomic E-state index is 13.9. The predicted molar refractivity (Wildman–Crippen MR) is 152 cm³/mol. The summed E-state index contributed by atoms with van der Waals surface area (Å²) in [6.07, 6.45) is 2.06. The lowest BCUT2D eigenvalue weighted by atomic mass is 9.90. The van der Waals surface area contributed by atoms with Crippen molar-refractivity contribution in [2.45, 2.75) is 71.3 Å². The number of benzene rings is 1. The van der Waals surface area contributed by atoms with Crippen LogP contribution in [0.15, 0.2) is 30.5 Å². The number of hydrogen-bond donors (Lipinski definition) is 2. The van der Waals surface area contributed by atoms with E-state index < -0.39 is 17.9 Å². The van der Waals surface area contributed by atoms with E-state index in [0.29, 0.717) is 45.1 Å². The molecule has 3 amide bonds. The minimum Gasteiger partial charge on any atom is -0.444 e. The Morgan fingerprint density at radius 2 is 1.80 bits per heavy atom. The molecule has 0 spiro atoms. The van der Waals surface area contributed by atoms with Crippen molar-refractivity contribution in [1.82, 2.24) is 20.1 Å². The molecular weight excluding hydrogens is 512 g/mol. The van der Waals surface area contributed by atoms with Gasteiger partial charge in [-0.1, -0.05) is 32.0 Å². The third-order valence-corrected chi connectivity index (χ3v) is 7.63. The van der Waals surface area contributed by atoms with Gasteiger partial charge in [0.25, 0.3) is 0 Å². The second-order valence-electron chi connectivity index (χ2n) is 12.2. The Kier molecular flexibility index (Phi) is 9.41. The van der Waals surface area contributed by atoms with Crippen LogP contribution in [0.1, 0.15) is 58.9 Å². The fraction of sp³-hybridized carbons (Fsp3) is 0.633. The molecule has 2 aromatic rings. The summed E-state index contributed by atoms with van der Waals surface area (Å²) < 4.78 is 17.0. The fourth-order valence-electron chi connectivity index (χ4n) is 5.27. The normalized spacial score (nSPS) is 22.0. The van der Waals surface area contributed by atoms with E-state index in [9.17, 15) is 14.4 Å². The largest absolute Gasteiger partial charge is 0.444 e. The number of piperidine rings is 1. The van der Waals surface area contributed by atoms with Crippen LogP contribution in [0.25, 0.3) is 10.9 Å². The summed E-state index contributed by atoms with van der Waals surface area (Å²) in [4.78, 5) is 46.4. The first-order chi connectivity index (χ1) is 18.9. The molecule has 2 N–H and O–H groups in total. The number of nitrogens with zero attached hydrogens (tertiary/aromatic N) is 2. The summed E-state index contributed by atoms with van der Waals surface area (Å²) in [5.74, 6) is -0.677. The highest BCUT2D eigenvalue weighted by atomic mass is 16.7. The Morgan fingerprint density at radius 1 is 1.15 bits per heavy atom. The molecule has 40 heavy (non-hydrogen) atoms. The summed E-state index contributed by atoms with van der Waals surface area (Å²) in [7, 11) is 1.72. The van der Waals surface area contributed by atoms with Gasteiger partial charge in [-0.15, -0.1) is 0 Å². The van der Waals surface area contributed by atoms with Gasteiger partial charge in [-0.05, 0) is 45.2 Å². The zero-order chi connectivity index (χ0) is 29.0. The molecule has 2 fully saturated rings. The van der Waals surface area contributed by atoms with Gasteiger partial charge >= 0.3 is 6.09 Å². The van der Waals surface area contributed by atoms with Gasteiger partial charge in [-0.3, -0.25) is 9.59 Å². The van der Waals surface area contributed by atoms with Gasteiger partial charge in [-0.2, -0.15) is 0 Å². The number of likely N-dealkylation sites (N-methyl/N-ethyl adjacent to an activating group) is 1. The lowest BCUT2D eigenvalue weighted by molar-refractivity contribution is -0.204. The van der Waals surface area contributed by atoms with Gasteiger partial charge in [0.15, 0.2) is 6.29 Å². The van der Waals surface area contributed by atoms with Crippen molar-refractivity contribution in [2.75, 3.05) is 39.9 Å². The monoisotopic (exact) mass is 556 g/mol. The first-order valence-corrected chi connectivity index (χ1v) is 14.3. The van der Waals surface area contributed by atoms with Crippen LogP contribution in [0.5, 0.6) is 0 Å². The summed E-state index contributed by atoms with van der Waals surface area (Å²) in [6, 6.07) is 7.14. The van der Waals surface area contributed by atoms with Gasteiger partial charge in [-0.25, -0.2) is 4.79 Å². The highest BCUT2D eigenvalue weighted by Gasteiger charge is 2.36. The van der Waals surface area contributed by atoms with E-state index in [0.717, 1.165) is 16.5 Å². The van der Waals surface area contributed by atoms with Crippen molar-refractivity contribution < 1.29 is 28.6 Å². The number of likely N-dealkylation sites (tertiary alicyclic amines) is 1. The number of amides is 3. The molecule has 0 radical (unpaired) electrons. The van der Waals surface area contributed by atoms with E-state index in [4.69, 9.17) is 14.2 Å². The molecule has 0 bridgehead atoms. The van der Waals surface area contributed by atoms with Crippen LogP contribution < -0.4 is 5.32 Å². The third kappa shape index (κ3) is 7.34. The summed E-state index contributed by atoms with van der Waals surface area (Å²) in [5, 5.41) is 4.10. The Balaban J connectivity index is 1.46. The number of para-hydroxylation sites is 1. The fourth-order valence-corrected chi connectivity index (χ4v) is 5.27. The maximum Gasteiger partial charge on any atom is 0.410 e. The molecule has 1 aromatic carbocycles. The predicted octanol–water partition coefficient (Wildman–Crippen LogP) is 3.87. The zero-order valence-electron chi connectivity index (χ0n) is 24.6. The van der Waals surface area contributed by atoms with Gasteiger partial charge < -0.3 is 34.3 Å². The summed E-state index contributed by atoms with van der Waals surface area (Å²) in [5.41, 5.74) is 1.36. The van der Waals surface area contributed by atoms with Crippen molar-refractivity contribution >= 4 is 28.8 Å². The molecule has 2 aliphatic heterocycles. The Hall–Kier alpha value is -3.11. The standard InChI is InChI=1S/C30H44N4O6/c1-19-17-38-25(39-18-19)16-33(6)28(36)26(20(2)23-15-31-24-10-8-7-9-22(23)24)32-27(35)21-11-13-34(14-12-21)29(37)40-30(3,4)5/h7-10,15,19-21,25-26,31H,11-14,16-18H2,1-6H3,(H,32,35). The average Bonchev–Trinajstić information content (AvgIpc) is 3.35. The van der Waals surface area contributed by atoms with Crippen LogP contribution in [-0.4, -0.2) is 90.5 Å². The number of ether oxygens (including phenoxy) is 3. The minimum absolute atomic E-state index is 0.179. The topological polar surface area (TPSA) is 113 Å². The highest BCUT2D eigenvalue weighted by molar-refractivity contribution is 5.91. The number of carbonyl (C=O) groups excluding carboxylic acids is 3. The number of aromatic nitrogens is 1. The first kappa shape index (κ1) is 29.9. The van der Waals surface area contributed by atoms with Crippen molar-refractivity contribution in [1.29, 1.82) is 0 Å². The van der Waals surface area contributed by atoms with E-state index in [1.165, 1.54) is 0 Å². The van der Waals surface area contributed by atoms with E-state index >= 15 is 0 Å². The Bertz CT molecular complexity index is 1170. The van der Waals surface area contributed by atoms with Gasteiger partial charge in [0.1, 0.15) is 11.6 Å². The molecule has 2 atom stereocenters. The number of carbonyl (C=O) groups is 3. The minimum atomic E-state index is -0.789. The van der Waals surface area contributed by atoms with Crippen molar-refractivity contribution in [3.05, 3.63) is 36.0 Å². The van der Waals surface area contributed by atoms with E-state index in [2.05, 4.69) is 17.2 Å². The molecule has 2 saturated heterocycles. The molecule has 220 valence electrons. The second kappa shape index (κ2) is 12.6. The second-order valence-corrected chi connectivity index (χ2v) is 12.2. The molecule has 2 unspecified atom stereocenters. The van der Waals surface area contributed by atoms with E-state index in [1.54, 1.807) is 16.8 Å². The van der Waals surface area contributed by atoms with Crippen LogP contribution in [0.2, 0.25) is 0 Å². The Morgan fingerprint density at radius 3 is 2.45 bits per heavy atom. The number of fused-ring (bicyclic) bond motifs is 1. The van der Waals surface area contributed by atoms with Crippen LogP contribution in [0.4, 0.5) is 4.79 Å². The lowest BCUT2D eigenvalue weighted by Gasteiger charge is -2.35. The van der Waals surface area contributed by atoms with Crippen LogP contribution >= 0.6 is 0 Å². The molecular formula is C30H44N4O6. The Labute approximate surface area is 236 Å². The number of H-pyrrole nitrogens is 1. The molecule has 1 aromatic heterocycles. The lowest BCUT2D eigenvalue weighted by Crippen LogP contribution is -2.54. The highest BCUT2D eigenvalue weighted by Crippen LogP contribution is 2.29. The number of rotatable bonds is 7. The quantitative estimate of drug-likeness (QED) is 0.535. The van der Waals surface area contributed by atoms with E-state index in [-0.39, 0.29) is 36.3 Å². The van der Waals surface area contributed by atoms with Crippen LogP contribution in [0.3, 0.4) is 0 Å². The van der Waals surface area contributed by atoms with Crippen molar-refractivity contribution in [2.24, 2.45) is 11.8 Å². The van der Waals surface area contributed by atoms with E-state index in [1.807, 2.05) is 58.2 Å². The molecule has 0 saturated carbocycles. The average molecular weight is 557 g/mol. The van der Waals surface area contributed by atoms with Gasteiger partial charge in [0, 0.05) is 55.0 Å². The number of hydrogen-bond acceptors (Lipinski definition) is 6. The molecule has 0 aliphatic carbocycles. The molecule has 3 heterocycles. The summed E-state index contributed by atoms with van der Waals surface area (Å²) in [6.45, 7) is 11.8. The molecule has 10 nitrogen and oxygen atoms in total. The molecule has 4 rings (SSSR count). The first-order valence-electron chi connectivity index (χ1n) is 14.3. The molecule has 10 heteroatoms. The van der Waals surface area contributed by atoms with Crippen LogP contribution in [0, 0.1) is 11.8 Å². The van der Waals surface area contributed by atoms with Crippen LogP contribution in [-0.2, 0) is 23.8 Å². The van der Waals surface area contributed by atoms with Gasteiger partial charge in [0.05, 0.1) is 19.8 Å². The summed E-state index contributed by atoms with van der Waals surface area (Å²) >= 11 is 0. The third-order valence-electron chi connectivity index (χ3n) is 7.63. The smallest absolute Gasteiger partial charge is 0.410 e. The van der Waals surface area contributed by atoms with Gasteiger partial charge in [0.2, 0.25) is 11.8 Å². The number of aromatic amines is 1. The van der Waals surface area contributed by atoms with Crippen molar-refractivity contribution in [3.8, 4) is 0 Å².